The lowest BCUT2D eigenvalue weighted by Gasteiger charge is -2.05. The molecule has 0 saturated carbocycles. The van der Waals surface area contributed by atoms with Gasteiger partial charge >= 0.3 is 0 Å². The second-order valence-electron chi connectivity index (χ2n) is 3.96. The molecule has 0 heterocycles. The van der Waals surface area contributed by atoms with Crippen LogP contribution < -0.4 is 0 Å². The van der Waals surface area contributed by atoms with Crippen LogP contribution in [0.15, 0.2) is 11.6 Å². The molecular weight excluding hydrogens is 148 g/mol. The molecule has 0 amide bonds. The van der Waals surface area contributed by atoms with E-state index in [0.29, 0.717) is 12.2 Å². The third-order valence-electron chi connectivity index (χ3n) is 2.53. The van der Waals surface area contributed by atoms with Gasteiger partial charge in [-0.25, -0.2) is 0 Å². The highest BCUT2D eigenvalue weighted by molar-refractivity contribution is 5.78. The maximum Gasteiger partial charge on any atom is 0.133 e. The fraction of sp³-hybridized carbons (Fsp3) is 0.727. The first-order valence-corrected chi connectivity index (χ1v) is 4.86. The monoisotopic (exact) mass is 166 g/mol. The molecule has 68 valence electrons. The minimum absolute atomic E-state index is 0.302. The zero-order valence-electron chi connectivity index (χ0n) is 8.10. The molecule has 0 radical (unpaired) electrons. The molecule has 0 aromatic carbocycles. The lowest BCUT2D eigenvalue weighted by molar-refractivity contribution is -0.116. The zero-order valence-corrected chi connectivity index (χ0v) is 8.10. The van der Waals surface area contributed by atoms with Gasteiger partial charge in [-0.1, -0.05) is 18.6 Å². The van der Waals surface area contributed by atoms with E-state index in [2.05, 4.69) is 13.0 Å². The van der Waals surface area contributed by atoms with Crippen LogP contribution in [0, 0.1) is 5.92 Å². The molecule has 0 spiro atoms. The highest BCUT2D eigenvalue weighted by Crippen LogP contribution is 2.23. The van der Waals surface area contributed by atoms with E-state index < -0.39 is 0 Å². The van der Waals surface area contributed by atoms with Crippen molar-refractivity contribution in [3.05, 3.63) is 11.6 Å². The van der Waals surface area contributed by atoms with Crippen LogP contribution >= 0.6 is 0 Å². The number of hydrogen-bond acceptors (Lipinski definition) is 1. The molecule has 0 aliphatic heterocycles. The Morgan fingerprint density at radius 1 is 1.58 bits per heavy atom. The van der Waals surface area contributed by atoms with Crippen LogP contribution in [0.2, 0.25) is 0 Å². The smallest absolute Gasteiger partial charge is 0.133 e. The van der Waals surface area contributed by atoms with Gasteiger partial charge in [-0.15, -0.1) is 0 Å². The average Bonchev–Trinajstić information content (AvgIpc) is 2.15. The Morgan fingerprint density at radius 3 is 3.00 bits per heavy atom. The van der Waals surface area contributed by atoms with E-state index in [9.17, 15) is 4.79 Å². The van der Waals surface area contributed by atoms with Gasteiger partial charge in [0.15, 0.2) is 0 Å². The van der Waals surface area contributed by atoms with Crippen LogP contribution in [0.1, 0.15) is 46.0 Å². The molecule has 1 aliphatic carbocycles. The highest BCUT2D eigenvalue weighted by Gasteiger charge is 2.09. The first-order chi connectivity index (χ1) is 5.68. The van der Waals surface area contributed by atoms with Gasteiger partial charge in [0.1, 0.15) is 5.78 Å². The first kappa shape index (κ1) is 9.50. The Kier molecular flexibility index (Phi) is 3.51. The van der Waals surface area contributed by atoms with Gasteiger partial charge in [-0.2, -0.15) is 0 Å². The Labute approximate surface area is 74.9 Å². The Balaban J connectivity index is 2.43. The van der Waals surface area contributed by atoms with Crippen LogP contribution in [0.5, 0.6) is 0 Å². The Morgan fingerprint density at radius 2 is 2.33 bits per heavy atom. The molecule has 0 saturated heterocycles. The van der Waals surface area contributed by atoms with Crippen molar-refractivity contribution in [1.29, 1.82) is 0 Å². The molecule has 0 fully saturated rings. The van der Waals surface area contributed by atoms with Crippen molar-refractivity contribution in [3.8, 4) is 0 Å². The second-order valence-corrected chi connectivity index (χ2v) is 3.96. The molecule has 1 rings (SSSR count). The van der Waals surface area contributed by atoms with Gasteiger partial charge < -0.3 is 0 Å². The normalized spacial score (nSPS) is 24.5. The summed E-state index contributed by atoms with van der Waals surface area (Å²) < 4.78 is 0. The number of Topliss-reactive ketones (excluding diaryl/α,β-unsaturated/α-hetero) is 1. The van der Waals surface area contributed by atoms with E-state index >= 15 is 0 Å². The summed E-state index contributed by atoms with van der Waals surface area (Å²) in [5.74, 6) is 1.14. The third kappa shape index (κ3) is 3.21. The summed E-state index contributed by atoms with van der Waals surface area (Å²) in [6, 6.07) is 0. The molecule has 1 aliphatic rings. The fourth-order valence-corrected chi connectivity index (χ4v) is 1.73. The molecular formula is C11H18O. The summed E-state index contributed by atoms with van der Waals surface area (Å²) >= 11 is 0. The van der Waals surface area contributed by atoms with Crippen LogP contribution in [0.3, 0.4) is 0 Å². The maximum absolute atomic E-state index is 10.9. The largest absolute Gasteiger partial charge is 0.300 e. The second kappa shape index (κ2) is 4.44. The van der Waals surface area contributed by atoms with E-state index in [4.69, 9.17) is 0 Å². The molecule has 1 nitrogen and oxygen atoms in total. The summed E-state index contributed by atoms with van der Waals surface area (Å²) in [4.78, 5) is 10.9. The number of rotatable bonds is 2. The summed E-state index contributed by atoms with van der Waals surface area (Å²) in [5.41, 5.74) is 1.37. The minimum Gasteiger partial charge on any atom is -0.300 e. The van der Waals surface area contributed by atoms with Crippen molar-refractivity contribution < 1.29 is 4.79 Å². The van der Waals surface area contributed by atoms with Gasteiger partial charge in [-0.05, 0) is 38.5 Å². The van der Waals surface area contributed by atoms with Gasteiger partial charge in [0.2, 0.25) is 0 Å². The zero-order chi connectivity index (χ0) is 8.97. The SMILES string of the molecule is CC(=O)CC1=CCCC(C)CC1. The molecule has 12 heavy (non-hydrogen) atoms. The molecule has 0 bridgehead atoms. The molecule has 0 aromatic heterocycles. The molecule has 1 atom stereocenters. The van der Waals surface area contributed by atoms with E-state index in [0.717, 1.165) is 12.3 Å². The minimum atomic E-state index is 0.302. The van der Waals surface area contributed by atoms with Gasteiger partial charge in [0.05, 0.1) is 0 Å². The van der Waals surface area contributed by atoms with Crippen molar-refractivity contribution in [2.24, 2.45) is 5.92 Å². The van der Waals surface area contributed by atoms with Crippen molar-refractivity contribution in [2.75, 3.05) is 0 Å². The number of carbonyl (C=O) groups excluding carboxylic acids is 1. The van der Waals surface area contributed by atoms with Crippen molar-refractivity contribution in [2.45, 2.75) is 46.0 Å². The maximum atomic E-state index is 10.9. The van der Waals surface area contributed by atoms with Gasteiger partial charge in [0, 0.05) is 6.42 Å². The molecule has 1 unspecified atom stereocenters. The van der Waals surface area contributed by atoms with E-state index in [1.807, 2.05) is 0 Å². The summed E-state index contributed by atoms with van der Waals surface area (Å²) in [7, 11) is 0. The average molecular weight is 166 g/mol. The fourth-order valence-electron chi connectivity index (χ4n) is 1.73. The van der Waals surface area contributed by atoms with Crippen LogP contribution in [-0.2, 0) is 4.79 Å². The highest BCUT2D eigenvalue weighted by atomic mass is 16.1. The summed E-state index contributed by atoms with van der Waals surface area (Å²) in [5, 5.41) is 0. The van der Waals surface area contributed by atoms with Crippen LogP contribution in [0.4, 0.5) is 0 Å². The van der Waals surface area contributed by atoms with Crippen molar-refractivity contribution in [1.82, 2.24) is 0 Å². The van der Waals surface area contributed by atoms with Crippen LogP contribution in [-0.4, -0.2) is 5.78 Å². The number of ketones is 1. The van der Waals surface area contributed by atoms with Crippen molar-refractivity contribution in [3.63, 3.8) is 0 Å². The topological polar surface area (TPSA) is 17.1 Å². The Bertz CT molecular complexity index is 191. The predicted molar refractivity (Wildman–Crippen MR) is 51.0 cm³/mol. The van der Waals surface area contributed by atoms with Crippen LogP contribution in [0.25, 0.3) is 0 Å². The lowest BCUT2D eigenvalue weighted by atomic mass is 10.0. The third-order valence-corrected chi connectivity index (χ3v) is 2.53. The lowest BCUT2D eigenvalue weighted by Crippen LogP contribution is -1.95. The molecule has 0 N–H and O–H groups in total. The van der Waals surface area contributed by atoms with E-state index in [1.165, 1.54) is 24.8 Å². The van der Waals surface area contributed by atoms with E-state index in [1.54, 1.807) is 6.92 Å². The standard InChI is InChI=1S/C11H18O/c1-9-4-3-5-11(7-6-9)8-10(2)12/h5,9H,3-4,6-8H2,1-2H3. The quantitative estimate of drug-likeness (QED) is 0.576. The summed E-state index contributed by atoms with van der Waals surface area (Å²) in [6.45, 7) is 3.97. The molecule has 1 heteroatoms. The van der Waals surface area contributed by atoms with E-state index in [-0.39, 0.29) is 0 Å². The molecule has 0 aromatic rings. The number of hydrogen-bond donors (Lipinski definition) is 0. The van der Waals surface area contributed by atoms with Crippen molar-refractivity contribution >= 4 is 5.78 Å². The number of carbonyl (C=O) groups is 1. The van der Waals surface area contributed by atoms with Gasteiger partial charge in [0.25, 0.3) is 0 Å². The Hall–Kier alpha value is -0.590. The predicted octanol–water partition coefficient (Wildman–Crippen LogP) is 3.10. The number of allylic oxidation sites excluding steroid dienone is 2. The first-order valence-electron chi connectivity index (χ1n) is 4.86. The van der Waals surface area contributed by atoms with Gasteiger partial charge in [-0.3, -0.25) is 4.79 Å². The summed E-state index contributed by atoms with van der Waals surface area (Å²) in [6.07, 6.45) is 7.82.